The Balaban J connectivity index is 1.88. The Labute approximate surface area is 96.2 Å². The van der Waals surface area contributed by atoms with Crippen LogP contribution in [0.4, 0.5) is 10.1 Å². The van der Waals surface area contributed by atoms with Gasteiger partial charge in [0.25, 0.3) is 0 Å². The van der Waals surface area contributed by atoms with Gasteiger partial charge in [-0.25, -0.2) is 4.39 Å². The normalized spacial score (nSPS) is 20.8. The molecule has 1 aromatic rings. The van der Waals surface area contributed by atoms with Crippen molar-refractivity contribution in [3.8, 4) is 0 Å². The number of nitrogens with one attached hydrogen (secondary N) is 2. The molecule has 1 heterocycles. The van der Waals surface area contributed by atoms with Crippen molar-refractivity contribution in [3.05, 3.63) is 29.6 Å². The number of halogens is 1. The highest BCUT2D eigenvalue weighted by Gasteiger charge is 2.12. The summed E-state index contributed by atoms with van der Waals surface area (Å²) in [4.78, 5) is 0. The zero-order chi connectivity index (χ0) is 11.4. The predicted octanol–water partition coefficient (Wildman–Crippen LogP) is 2.69. The monoisotopic (exact) mass is 222 g/mol. The van der Waals surface area contributed by atoms with Crippen LogP contribution in [0.3, 0.4) is 0 Å². The smallest absolute Gasteiger partial charge is 0.123 e. The number of rotatable bonds is 3. The zero-order valence-corrected chi connectivity index (χ0v) is 9.72. The summed E-state index contributed by atoms with van der Waals surface area (Å²) in [5.41, 5.74) is 2.00. The van der Waals surface area contributed by atoms with Crippen molar-refractivity contribution in [2.75, 3.05) is 18.4 Å². The van der Waals surface area contributed by atoms with E-state index in [4.69, 9.17) is 0 Å². The average molecular weight is 222 g/mol. The predicted molar refractivity (Wildman–Crippen MR) is 65.3 cm³/mol. The molecule has 1 atom stereocenters. The topological polar surface area (TPSA) is 24.1 Å². The van der Waals surface area contributed by atoms with E-state index < -0.39 is 0 Å². The van der Waals surface area contributed by atoms with Gasteiger partial charge >= 0.3 is 0 Å². The van der Waals surface area contributed by atoms with E-state index >= 15 is 0 Å². The van der Waals surface area contributed by atoms with E-state index in [9.17, 15) is 4.39 Å². The minimum atomic E-state index is -0.168. The minimum absolute atomic E-state index is 0.168. The Morgan fingerprint density at radius 3 is 3.00 bits per heavy atom. The second-order valence-corrected chi connectivity index (χ2v) is 4.49. The first-order valence-corrected chi connectivity index (χ1v) is 5.99. The summed E-state index contributed by atoms with van der Waals surface area (Å²) in [6.07, 6.45) is 3.82. The van der Waals surface area contributed by atoms with Crippen LogP contribution in [-0.4, -0.2) is 19.1 Å². The van der Waals surface area contributed by atoms with Gasteiger partial charge in [0.1, 0.15) is 5.82 Å². The summed E-state index contributed by atoms with van der Waals surface area (Å²) < 4.78 is 12.9. The van der Waals surface area contributed by atoms with Gasteiger partial charge in [0, 0.05) is 18.3 Å². The van der Waals surface area contributed by atoms with Crippen LogP contribution in [0.15, 0.2) is 18.2 Å². The summed E-state index contributed by atoms with van der Waals surface area (Å²) in [5, 5.41) is 6.86. The molecule has 88 valence electrons. The third-order valence-corrected chi connectivity index (χ3v) is 3.14. The second-order valence-electron chi connectivity index (χ2n) is 4.49. The highest BCUT2D eigenvalue weighted by molar-refractivity contribution is 5.50. The molecule has 1 unspecified atom stereocenters. The van der Waals surface area contributed by atoms with Crippen LogP contribution < -0.4 is 10.6 Å². The minimum Gasteiger partial charge on any atom is -0.383 e. The van der Waals surface area contributed by atoms with Crippen molar-refractivity contribution in [1.29, 1.82) is 0 Å². The molecule has 0 aliphatic carbocycles. The summed E-state index contributed by atoms with van der Waals surface area (Å²) >= 11 is 0. The SMILES string of the molecule is Cc1cc(F)ccc1NCC1CCCCN1. The average Bonchev–Trinajstić information content (AvgIpc) is 2.29. The third kappa shape index (κ3) is 2.95. The van der Waals surface area contributed by atoms with Crippen LogP contribution in [0.5, 0.6) is 0 Å². The van der Waals surface area contributed by atoms with E-state index in [1.807, 2.05) is 13.0 Å². The Bertz CT molecular complexity index is 346. The Morgan fingerprint density at radius 2 is 2.31 bits per heavy atom. The molecule has 1 fully saturated rings. The van der Waals surface area contributed by atoms with Crippen LogP contribution in [0, 0.1) is 12.7 Å². The maximum Gasteiger partial charge on any atom is 0.123 e. The number of aryl methyl sites for hydroxylation is 1. The van der Waals surface area contributed by atoms with Gasteiger partial charge in [0.05, 0.1) is 0 Å². The van der Waals surface area contributed by atoms with Gasteiger partial charge in [0.15, 0.2) is 0 Å². The molecule has 1 aromatic carbocycles. The van der Waals surface area contributed by atoms with E-state index in [-0.39, 0.29) is 5.82 Å². The number of anilines is 1. The summed E-state index contributed by atoms with van der Waals surface area (Å²) in [7, 11) is 0. The Hall–Kier alpha value is -1.09. The van der Waals surface area contributed by atoms with Gasteiger partial charge in [-0.15, -0.1) is 0 Å². The molecule has 0 saturated carbocycles. The molecule has 1 aliphatic heterocycles. The first-order chi connectivity index (χ1) is 7.75. The van der Waals surface area contributed by atoms with Crippen LogP contribution in [0.25, 0.3) is 0 Å². The number of piperidine rings is 1. The number of hydrogen-bond donors (Lipinski definition) is 2. The van der Waals surface area contributed by atoms with Crippen LogP contribution >= 0.6 is 0 Å². The largest absolute Gasteiger partial charge is 0.383 e. The van der Waals surface area contributed by atoms with E-state index in [0.29, 0.717) is 6.04 Å². The van der Waals surface area contributed by atoms with Crippen molar-refractivity contribution in [2.24, 2.45) is 0 Å². The van der Waals surface area contributed by atoms with Gasteiger partial charge in [0.2, 0.25) is 0 Å². The lowest BCUT2D eigenvalue weighted by Crippen LogP contribution is -2.39. The number of benzene rings is 1. The molecule has 2 N–H and O–H groups in total. The van der Waals surface area contributed by atoms with Gasteiger partial charge in [-0.05, 0) is 50.1 Å². The third-order valence-electron chi connectivity index (χ3n) is 3.14. The van der Waals surface area contributed by atoms with Crippen LogP contribution in [0.1, 0.15) is 24.8 Å². The van der Waals surface area contributed by atoms with Crippen LogP contribution in [-0.2, 0) is 0 Å². The first-order valence-electron chi connectivity index (χ1n) is 5.99. The number of hydrogen-bond acceptors (Lipinski definition) is 2. The summed E-state index contributed by atoms with van der Waals surface area (Å²) in [6, 6.07) is 5.44. The fraction of sp³-hybridized carbons (Fsp3) is 0.538. The van der Waals surface area contributed by atoms with Crippen molar-refractivity contribution in [2.45, 2.75) is 32.2 Å². The van der Waals surface area contributed by atoms with Gasteiger partial charge in [-0.2, -0.15) is 0 Å². The van der Waals surface area contributed by atoms with E-state index in [1.165, 1.54) is 25.3 Å². The van der Waals surface area contributed by atoms with E-state index in [0.717, 1.165) is 24.3 Å². The highest BCUT2D eigenvalue weighted by atomic mass is 19.1. The zero-order valence-electron chi connectivity index (χ0n) is 9.72. The molecule has 0 aromatic heterocycles. The molecule has 0 spiro atoms. The molecule has 1 saturated heterocycles. The van der Waals surface area contributed by atoms with Crippen LogP contribution in [0.2, 0.25) is 0 Å². The lowest BCUT2D eigenvalue weighted by molar-refractivity contribution is 0.414. The van der Waals surface area contributed by atoms with Gasteiger partial charge < -0.3 is 10.6 Å². The Morgan fingerprint density at radius 1 is 1.44 bits per heavy atom. The van der Waals surface area contributed by atoms with Gasteiger partial charge in [-0.3, -0.25) is 0 Å². The lowest BCUT2D eigenvalue weighted by atomic mass is 10.0. The molecule has 2 rings (SSSR count). The second kappa shape index (κ2) is 5.30. The highest BCUT2D eigenvalue weighted by Crippen LogP contribution is 2.16. The lowest BCUT2D eigenvalue weighted by Gasteiger charge is -2.24. The van der Waals surface area contributed by atoms with Crippen molar-refractivity contribution >= 4 is 5.69 Å². The maximum absolute atomic E-state index is 12.9. The quantitative estimate of drug-likeness (QED) is 0.821. The van der Waals surface area contributed by atoms with Crippen molar-refractivity contribution in [3.63, 3.8) is 0 Å². The van der Waals surface area contributed by atoms with Crippen molar-refractivity contribution < 1.29 is 4.39 Å². The van der Waals surface area contributed by atoms with Crippen molar-refractivity contribution in [1.82, 2.24) is 5.32 Å². The molecule has 0 bridgehead atoms. The summed E-state index contributed by atoms with van der Waals surface area (Å²) in [6.45, 7) is 3.97. The molecule has 0 amide bonds. The first kappa shape index (κ1) is 11.4. The molecule has 3 heteroatoms. The fourth-order valence-corrected chi connectivity index (χ4v) is 2.16. The molecular formula is C13H19FN2. The fourth-order valence-electron chi connectivity index (χ4n) is 2.16. The maximum atomic E-state index is 12.9. The van der Waals surface area contributed by atoms with E-state index in [2.05, 4.69) is 10.6 Å². The van der Waals surface area contributed by atoms with E-state index in [1.54, 1.807) is 6.07 Å². The molecule has 2 nitrogen and oxygen atoms in total. The Kier molecular flexibility index (Phi) is 3.78. The molecule has 16 heavy (non-hydrogen) atoms. The molecule has 0 radical (unpaired) electrons. The summed E-state index contributed by atoms with van der Waals surface area (Å²) in [5.74, 6) is -0.168. The standard InChI is InChI=1S/C13H19FN2/c1-10-8-11(14)5-6-13(10)16-9-12-4-2-3-7-15-12/h5-6,8,12,15-16H,2-4,7,9H2,1H3. The molecular weight excluding hydrogens is 203 g/mol. The van der Waals surface area contributed by atoms with Gasteiger partial charge in [-0.1, -0.05) is 6.42 Å². The molecule has 1 aliphatic rings.